The molecule has 1 aromatic heterocycles. The second-order valence-electron chi connectivity index (χ2n) is 5.26. The van der Waals surface area contributed by atoms with Gasteiger partial charge >= 0.3 is 6.18 Å². The van der Waals surface area contributed by atoms with Gasteiger partial charge in [-0.3, -0.25) is 9.89 Å². The van der Waals surface area contributed by atoms with E-state index in [9.17, 15) is 18.0 Å². The van der Waals surface area contributed by atoms with Crippen LogP contribution in [0.1, 0.15) is 32.3 Å². The van der Waals surface area contributed by atoms with E-state index in [4.69, 9.17) is 0 Å². The van der Waals surface area contributed by atoms with Gasteiger partial charge in [-0.1, -0.05) is 13.8 Å². The van der Waals surface area contributed by atoms with Crippen LogP contribution in [0.3, 0.4) is 0 Å². The normalized spacial score (nSPS) is 11.9. The highest BCUT2D eigenvalue weighted by Gasteiger charge is 2.30. The van der Waals surface area contributed by atoms with E-state index >= 15 is 0 Å². The summed E-state index contributed by atoms with van der Waals surface area (Å²) in [7, 11) is 0. The Kier molecular flexibility index (Phi) is 5.12. The lowest BCUT2D eigenvalue weighted by atomic mass is 10.1. The second kappa shape index (κ2) is 6.89. The molecule has 0 saturated carbocycles. The van der Waals surface area contributed by atoms with Crippen molar-refractivity contribution >= 4 is 22.6 Å². The van der Waals surface area contributed by atoms with Crippen molar-refractivity contribution in [2.45, 2.75) is 38.9 Å². The van der Waals surface area contributed by atoms with Crippen molar-refractivity contribution in [2.75, 3.05) is 11.9 Å². The van der Waals surface area contributed by atoms with Gasteiger partial charge in [0, 0.05) is 11.4 Å². The maximum Gasteiger partial charge on any atom is 0.416 e. The molecule has 0 aliphatic heterocycles. The molecular weight excluding hydrogens is 309 g/mol. The van der Waals surface area contributed by atoms with Crippen molar-refractivity contribution in [3.63, 3.8) is 0 Å². The van der Waals surface area contributed by atoms with E-state index in [-0.39, 0.29) is 24.3 Å². The summed E-state index contributed by atoms with van der Waals surface area (Å²) in [5.74, 6) is 0.00706. The molecule has 0 unspecified atom stereocenters. The largest absolute Gasteiger partial charge is 0.416 e. The first-order chi connectivity index (χ1) is 10.8. The Hall–Kier alpha value is -2.25. The van der Waals surface area contributed by atoms with E-state index in [0.29, 0.717) is 10.9 Å². The van der Waals surface area contributed by atoms with E-state index in [1.54, 1.807) is 0 Å². The number of hydrogen-bond acceptors (Lipinski definition) is 3. The van der Waals surface area contributed by atoms with Gasteiger partial charge in [-0.15, -0.1) is 0 Å². The zero-order valence-corrected chi connectivity index (χ0v) is 12.9. The topological polar surface area (TPSA) is 69.8 Å². The number of halogens is 3. The summed E-state index contributed by atoms with van der Waals surface area (Å²) in [5.41, 5.74) is -0.281. The number of nitrogens with one attached hydrogen (secondary N) is 3. The maximum atomic E-state index is 12.8. The van der Waals surface area contributed by atoms with Crippen LogP contribution < -0.4 is 10.6 Å². The van der Waals surface area contributed by atoms with Crippen molar-refractivity contribution in [3.05, 3.63) is 23.8 Å². The summed E-state index contributed by atoms with van der Waals surface area (Å²) in [6.07, 6.45) is -2.78. The van der Waals surface area contributed by atoms with Crippen LogP contribution in [-0.4, -0.2) is 28.7 Å². The van der Waals surface area contributed by atoms with Crippen molar-refractivity contribution < 1.29 is 18.0 Å². The molecule has 0 aliphatic rings. The molecule has 126 valence electrons. The van der Waals surface area contributed by atoms with Gasteiger partial charge in [0.1, 0.15) is 0 Å². The second-order valence-corrected chi connectivity index (χ2v) is 5.26. The molecule has 2 rings (SSSR count). The van der Waals surface area contributed by atoms with Gasteiger partial charge in [0.2, 0.25) is 5.91 Å². The number of aromatic amines is 1. The minimum Gasteiger partial charge on any atom is -0.359 e. The molecular formula is C15H19F3N4O. The molecule has 0 bridgehead atoms. The van der Waals surface area contributed by atoms with Crippen molar-refractivity contribution in [3.8, 4) is 0 Å². The first-order valence-electron chi connectivity index (χ1n) is 7.43. The van der Waals surface area contributed by atoms with E-state index in [2.05, 4.69) is 20.8 Å². The van der Waals surface area contributed by atoms with E-state index < -0.39 is 11.7 Å². The fraction of sp³-hybridized carbons (Fsp3) is 0.467. The van der Waals surface area contributed by atoms with Crippen molar-refractivity contribution in [1.82, 2.24) is 15.5 Å². The van der Waals surface area contributed by atoms with Crippen LogP contribution in [0.2, 0.25) is 0 Å². The molecule has 0 atom stereocenters. The number of amides is 1. The number of fused-ring (bicyclic) bond motifs is 1. The summed E-state index contributed by atoms with van der Waals surface area (Å²) in [4.78, 5) is 11.8. The summed E-state index contributed by atoms with van der Waals surface area (Å²) in [6.45, 7) is 3.90. The molecule has 5 nitrogen and oxygen atoms in total. The van der Waals surface area contributed by atoms with Crippen molar-refractivity contribution in [2.24, 2.45) is 0 Å². The molecule has 0 fully saturated rings. The van der Waals surface area contributed by atoms with Crippen LogP contribution >= 0.6 is 0 Å². The molecule has 3 N–H and O–H groups in total. The number of hydrogen-bond donors (Lipinski definition) is 3. The van der Waals surface area contributed by atoms with Gasteiger partial charge in [-0.05, 0) is 31.0 Å². The van der Waals surface area contributed by atoms with Crippen LogP contribution in [0.5, 0.6) is 0 Å². The number of anilines is 1. The standard InChI is InChI=1S/C15H19F3N4O/c1-3-10(4-2)20-13(23)8-19-14-11-7-9(15(16,17)18)5-6-12(11)21-22-14/h5-7,10H,3-4,8H2,1-2H3,(H,20,23)(H2,19,21,22). The molecule has 2 aromatic rings. The zero-order chi connectivity index (χ0) is 17.0. The molecule has 0 radical (unpaired) electrons. The molecule has 1 amide bonds. The van der Waals surface area contributed by atoms with Gasteiger partial charge in [0.05, 0.1) is 17.6 Å². The molecule has 0 spiro atoms. The van der Waals surface area contributed by atoms with E-state index in [0.717, 1.165) is 25.0 Å². The highest BCUT2D eigenvalue weighted by molar-refractivity contribution is 5.92. The average Bonchev–Trinajstić information content (AvgIpc) is 2.92. The Morgan fingerprint density at radius 3 is 2.61 bits per heavy atom. The summed E-state index contributed by atoms with van der Waals surface area (Å²) >= 11 is 0. The molecule has 23 heavy (non-hydrogen) atoms. The monoisotopic (exact) mass is 328 g/mol. The highest BCUT2D eigenvalue weighted by Crippen LogP contribution is 2.32. The van der Waals surface area contributed by atoms with Gasteiger partial charge in [0.15, 0.2) is 5.82 Å². The smallest absolute Gasteiger partial charge is 0.359 e. The lowest BCUT2D eigenvalue weighted by Crippen LogP contribution is -2.37. The number of benzene rings is 1. The minimum absolute atomic E-state index is 0.0489. The first kappa shape index (κ1) is 17.1. The fourth-order valence-electron chi connectivity index (χ4n) is 2.26. The van der Waals surface area contributed by atoms with Crippen LogP contribution in [-0.2, 0) is 11.0 Å². The lowest BCUT2D eigenvalue weighted by molar-refractivity contribution is -0.137. The molecule has 8 heteroatoms. The predicted octanol–water partition coefficient (Wildman–Crippen LogP) is 3.30. The summed E-state index contributed by atoms with van der Waals surface area (Å²) in [6, 6.07) is 3.42. The van der Waals surface area contributed by atoms with Gasteiger partial charge in [-0.2, -0.15) is 18.3 Å². The Bertz CT molecular complexity index is 677. The van der Waals surface area contributed by atoms with E-state index in [1.165, 1.54) is 6.07 Å². The number of carbonyl (C=O) groups excluding carboxylic acids is 1. The average molecular weight is 328 g/mol. The summed E-state index contributed by atoms with van der Waals surface area (Å²) in [5, 5.41) is 12.5. The first-order valence-corrected chi connectivity index (χ1v) is 7.43. The fourth-order valence-corrected chi connectivity index (χ4v) is 2.26. The molecule has 1 aromatic carbocycles. The zero-order valence-electron chi connectivity index (χ0n) is 12.9. The lowest BCUT2D eigenvalue weighted by Gasteiger charge is -2.14. The van der Waals surface area contributed by atoms with Gasteiger partial charge in [0.25, 0.3) is 0 Å². The maximum absolute atomic E-state index is 12.8. The highest BCUT2D eigenvalue weighted by atomic mass is 19.4. The summed E-state index contributed by atoms with van der Waals surface area (Å²) < 4.78 is 38.3. The Labute approximate surface area is 131 Å². The van der Waals surface area contributed by atoms with Gasteiger partial charge in [-0.25, -0.2) is 0 Å². The number of nitrogens with zero attached hydrogens (tertiary/aromatic N) is 1. The third-order valence-electron chi connectivity index (χ3n) is 3.66. The van der Waals surface area contributed by atoms with Crippen LogP contribution in [0.15, 0.2) is 18.2 Å². The Morgan fingerprint density at radius 2 is 2.00 bits per heavy atom. The van der Waals surface area contributed by atoms with Crippen LogP contribution in [0.25, 0.3) is 10.9 Å². The molecule has 0 aliphatic carbocycles. The SMILES string of the molecule is CCC(CC)NC(=O)CNc1n[nH]c2ccc(C(F)(F)F)cc12. The Balaban J connectivity index is 2.10. The number of aromatic nitrogens is 2. The third kappa shape index (κ3) is 4.14. The number of rotatable bonds is 6. The number of alkyl halides is 3. The predicted molar refractivity (Wildman–Crippen MR) is 82.1 cm³/mol. The quantitative estimate of drug-likeness (QED) is 0.762. The molecule has 1 heterocycles. The van der Waals surface area contributed by atoms with Crippen molar-refractivity contribution in [1.29, 1.82) is 0 Å². The van der Waals surface area contributed by atoms with Crippen LogP contribution in [0, 0.1) is 0 Å². The van der Waals surface area contributed by atoms with Crippen LogP contribution in [0.4, 0.5) is 19.0 Å². The number of carbonyl (C=O) groups is 1. The third-order valence-corrected chi connectivity index (χ3v) is 3.66. The Morgan fingerprint density at radius 1 is 1.30 bits per heavy atom. The number of H-pyrrole nitrogens is 1. The molecule has 0 saturated heterocycles. The minimum atomic E-state index is -4.42. The van der Waals surface area contributed by atoms with Gasteiger partial charge < -0.3 is 10.6 Å². The van der Waals surface area contributed by atoms with E-state index in [1.807, 2.05) is 13.8 Å².